The van der Waals surface area contributed by atoms with Crippen molar-refractivity contribution in [1.29, 1.82) is 0 Å². The molecule has 0 aromatic rings. The van der Waals surface area contributed by atoms with Crippen LogP contribution in [0.4, 0.5) is 0 Å². The topological polar surface area (TPSA) is 81.1 Å². The number of carbonyl (C=O) groups is 1. The van der Waals surface area contributed by atoms with Gasteiger partial charge in [-0.3, -0.25) is 4.79 Å². The standard InChI is InChI=1S/C9H21N3O/c1-7(2)8(11)9(13)12-6-4-3-5-10/h7-8H,3-6,10-11H2,1-2H3,(H,12,13). The summed E-state index contributed by atoms with van der Waals surface area (Å²) < 4.78 is 0. The zero-order valence-electron chi connectivity index (χ0n) is 8.55. The molecule has 1 atom stereocenters. The van der Waals surface area contributed by atoms with Gasteiger partial charge in [0.15, 0.2) is 0 Å². The molecule has 0 saturated heterocycles. The van der Waals surface area contributed by atoms with E-state index in [1.54, 1.807) is 0 Å². The number of nitrogens with one attached hydrogen (secondary N) is 1. The van der Waals surface area contributed by atoms with Crippen LogP contribution in [-0.4, -0.2) is 25.0 Å². The number of carbonyl (C=O) groups excluding carboxylic acids is 1. The van der Waals surface area contributed by atoms with Crippen molar-refractivity contribution in [2.75, 3.05) is 13.1 Å². The van der Waals surface area contributed by atoms with E-state index < -0.39 is 6.04 Å². The van der Waals surface area contributed by atoms with Crippen LogP contribution < -0.4 is 16.8 Å². The summed E-state index contributed by atoms with van der Waals surface area (Å²) in [6.45, 7) is 5.22. The Balaban J connectivity index is 3.50. The highest BCUT2D eigenvalue weighted by Gasteiger charge is 2.15. The van der Waals surface area contributed by atoms with Gasteiger partial charge in [0, 0.05) is 6.54 Å². The summed E-state index contributed by atoms with van der Waals surface area (Å²) >= 11 is 0. The maximum absolute atomic E-state index is 11.3. The molecular weight excluding hydrogens is 166 g/mol. The predicted molar refractivity (Wildman–Crippen MR) is 54.1 cm³/mol. The Labute approximate surface area is 80.0 Å². The molecule has 1 unspecified atom stereocenters. The molecule has 4 heteroatoms. The zero-order chi connectivity index (χ0) is 10.3. The van der Waals surface area contributed by atoms with E-state index in [9.17, 15) is 4.79 Å². The number of rotatable bonds is 6. The minimum atomic E-state index is -0.391. The first-order valence-corrected chi connectivity index (χ1v) is 4.83. The summed E-state index contributed by atoms with van der Waals surface area (Å²) in [6.07, 6.45) is 1.87. The van der Waals surface area contributed by atoms with Crippen LogP contribution in [0.25, 0.3) is 0 Å². The van der Waals surface area contributed by atoms with Crippen LogP contribution in [0.2, 0.25) is 0 Å². The lowest BCUT2D eigenvalue weighted by Crippen LogP contribution is -2.44. The summed E-state index contributed by atoms with van der Waals surface area (Å²) in [5.41, 5.74) is 11.0. The molecule has 13 heavy (non-hydrogen) atoms. The van der Waals surface area contributed by atoms with Gasteiger partial charge < -0.3 is 16.8 Å². The number of unbranched alkanes of at least 4 members (excludes halogenated alkanes) is 1. The largest absolute Gasteiger partial charge is 0.355 e. The molecule has 0 bridgehead atoms. The number of hydrogen-bond acceptors (Lipinski definition) is 3. The molecule has 0 rings (SSSR count). The molecule has 0 aromatic heterocycles. The summed E-state index contributed by atoms with van der Waals surface area (Å²) in [7, 11) is 0. The van der Waals surface area contributed by atoms with Gasteiger partial charge in [0.25, 0.3) is 0 Å². The predicted octanol–water partition coefficient (Wildman–Crippen LogP) is -0.175. The van der Waals surface area contributed by atoms with Crippen molar-refractivity contribution < 1.29 is 4.79 Å². The van der Waals surface area contributed by atoms with E-state index in [0.717, 1.165) is 12.8 Å². The van der Waals surface area contributed by atoms with Crippen molar-refractivity contribution in [2.24, 2.45) is 17.4 Å². The van der Waals surface area contributed by atoms with E-state index in [0.29, 0.717) is 13.1 Å². The molecule has 78 valence electrons. The maximum atomic E-state index is 11.3. The van der Waals surface area contributed by atoms with Gasteiger partial charge in [0.2, 0.25) is 5.91 Å². The number of amides is 1. The number of nitrogens with two attached hydrogens (primary N) is 2. The van der Waals surface area contributed by atoms with Gasteiger partial charge in [0.1, 0.15) is 0 Å². The van der Waals surface area contributed by atoms with Crippen molar-refractivity contribution in [1.82, 2.24) is 5.32 Å². The molecule has 0 aliphatic rings. The summed E-state index contributed by atoms with van der Waals surface area (Å²) in [6, 6.07) is -0.391. The highest BCUT2D eigenvalue weighted by Crippen LogP contribution is 1.97. The lowest BCUT2D eigenvalue weighted by molar-refractivity contribution is -0.123. The van der Waals surface area contributed by atoms with Crippen LogP contribution in [0.5, 0.6) is 0 Å². The van der Waals surface area contributed by atoms with E-state index in [1.807, 2.05) is 13.8 Å². The number of hydrogen-bond donors (Lipinski definition) is 3. The Morgan fingerprint density at radius 2 is 2.00 bits per heavy atom. The van der Waals surface area contributed by atoms with E-state index >= 15 is 0 Å². The minimum absolute atomic E-state index is 0.0629. The van der Waals surface area contributed by atoms with Crippen molar-refractivity contribution in [3.05, 3.63) is 0 Å². The van der Waals surface area contributed by atoms with Crippen molar-refractivity contribution in [3.8, 4) is 0 Å². The van der Waals surface area contributed by atoms with Crippen LogP contribution in [0.1, 0.15) is 26.7 Å². The van der Waals surface area contributed by atoms with Crippen molar-refractivity contribution in [3.63, 3.8) is 0 Å². The van der Waals surface area contributed by atoms with Crippen molar-refractivity contribution >= 4 is 5.91 Å². The molecule has 1 amide bonds. The van der Waals surface area contributed by atoms with E-state index in [2.05, 4.69) is 5.32 Å². The van der Waals surface area contributed by atoms with Crippen LogP contribution in [0, 0.1) is 5.92 Å². The highest BCUT2D eigenvalue weighted by molar-refractivity contribution is 5.81. The summed E-state index contributed by atoms with van der Waals surface area (Å²) in [4.78, 5) is 11.3. The molecule has 0 spiro atoms. The average molecular weight is 187 g/mol. The fourth-order valence-electron chi connectivity index (χ4n) is 0.902. The summed E-state index contributed by atoms with van der Waals surface area (Å²) in [5, 5.41) is 2.78. The van der Waals surface area contributed by atoms with Crippen LogP contribution in [-0.2, 0) is 4.79 Å². The molecule has 0 radical (unpaired) electrons. The Morgan fingerprint density at radius 1 is 1.38 bits per heavy atom. The monoisotopic (exact) mass is 187 g/mol. The molecular formula is C9H21N3O. The van der Waals surface area contributed by atoms with Gasteiger partial charge >= 0.3 is 0 Å². The second-order valence-corrected chi connectivity index (χ2v) is 3.56. The lowest BCUT2D eigenvalue weighted by Gasteiger charge is -2.14. The van der Waals surface area contributed by atoms with Gasteiger partial charge in [-0.2, -0.15) is 0 Å². The molecule has 0 aromatic carbocycles. The third kappa shape index (κ3) is 5.60. The first kappa shape index (κ1) is 12.4. The van der Waals surface area contributed by atoms with Gasteiger partial charge in [-0.15, -0.1) is 0 Å². The first-order valence-electron chi connectivity index (χ1n) is 4.83. The Bertz CT molecular complexity index is 148. The SMILES string of the molecule is CC(C)C(N)C(=O)NCCCCN. The summed E-state index contributed by atoms with van der Waals surface area (Å²) in [5.74, 6) is 0.126. The first-order chi connectivity index (χ1) is 6.09. The third-order valence-electron chi connectivity index (χ3n) is 1.95. The van der Waals surface area contributed by atoms with Crippen molar-refractivity contribution in [2.45, 2.75) is 32.7 Å². The fourth-order valence-corrected chi connectivity index (χ4v) is 0.902. The third-order valence-corrected chi connectivity index (χ3v) is 1.95. The Hall–Kier alpha value is -0.610. The Kier molecular flexibility index (Phi) is 6.54. The van der Waals surface area contributed by atoms with E-state index in [1.165, 1.54) is 0 Å². The van der Waals surface area contributed by atoms with Crippen LogP contribution >= 0.6 is 0 Å². The molecule has 5 N–H and O–H groups in total. The normalized spacial score (nSPS) is 13.0. The smallest absolute Gasteiger partial charge is 0.237 e. The molecule has 0 aliphatic heterocycles. The van der Waals surface area contributed by atoms with Gasteiger partial charge in [-0.25, -0.2) is 0 Å². The van der Waals surface area contributed by atoms with Gasteiger partial charge in [-0.1, -0.05) is 13.8 Å². The lowest BCUT2D eigenvalue weighted by atomic mass is 10.1. The van der Waals surface area contributed by atoms with Gasteiger partial charge in [0.05, 0.1) is 6.04 Å². The molecule has 4 nitrogen and oxygen atoms in total. The maximum Gasteiger partial charge on any atom is 0.237 e. The molecule has 0 fully saturated rings. The highest BCUT2D eigenvalue weighted by atomic mass is 16.2. The molecule has 0 aliphatic carbocycles. The second kappa shape index (κ2) is 6.86. The quantitative estimate of drug-likeness (QED) is 0.505. The van der Waals surface area contributed by atoms with Gasteiger partial charge in [-0.05, 0) is 25.3 Å². The zero-order valence-corrected chi connectivity index (χ0v) is 8.55. The van der Waals surface area contributed by atoms with Crippen LogP contribution in [0.15, 0.2) is 0 Å². The van der Waals surface area contributed by atoms with Crippen LogP contribution in [0.3, 0.4) is 0 Å². The molecule has 0 heterocycles. The van der Waals surface area contributed by atoms with E-state index in [4.69, 9.17) is 11.5 Å². The Morgan fingerprint density at radius 3 is 2.46 bits per heavy atom. The van der Waals surface area contributed by atoms with E-state index in [-0.39, 0.29) is 11.8 Å². The minimum Gasteiger partial charge on any atom is -0.355 e. The average Bonchev–Trinajstić information content (AvgIpc) is 2.10. The molecule has 0 saturated carbocycles. The fraction of sp³-hybridized carbons (Fsp3) is 0.889. The second-order valence-electron chi connectivity index (χ2n) is 3.56.